The van der Waals surface area contributed by atoms with Crippen LogP contribution in [0, 0.1) is 0 Å². The molecule has 0 aromatic heterocycles. The first kappa shape index (κ1) is 47.6. The molecule has 8 rings (SSSR count). The summed E-state index contributed by atoms with van der Waals surface area (Å²) < 4.78 is 3.61. The minimum atomic E-state index is -3.00. The Morgan fingerprint density at radius 2 is 0.952 bits per heavy atom. The molecule has 318 valence electrons. The van der Waals surface area contributed by atoms with E-state index < -0.39 is 21.3 Å². The van der Waals surface area contributed by atoms with Crippen molar-refractivity contribution >= 4 is 3.21 Å². The van der Waals surface area contributed by atoms with Gasteiger partial charge in [-0.15, -0.1) is 0 Å². The van der Waals surface area contributed by atoms with Gasteiger partial charge in [-0.25, -0.2) is 0 Å². The molecule has 0 atom stereocenters. The Labute approximate surface area is 394 Å². The quantitative estimate of drug-likeness (QED) is 0.115. The number of aryl methyl sites for hydroxylation is 2. The number of unbranched alkanes of at least 4 members (excludes halogenated alkanes) is 2. The van der Waals surface area contributed by atoms with Crippen molar-refractivity contribution in [2.75, 3.05) is 0 Å². The Hall–Kier alpha value is -3.87. The fourth-order valence-electron chi connectivity index (χ4n) is 9.66. The van der Waals surface area contributed by atoms with E-state index in [1.165, 1.54) is 104 Å². The monoisotopic (exact) mass is 932 g/mol. The van der Waals surface area contributed by atoms with E-state index in [1.54, 1.807) is 6.49 Å². The van der Waals surface area contributed by atoms with Gasteiger partial charge in [-0.1, -0.05) is 0 Å². The maximum atomic E-state index is 2.66. The molecular weight excluding hydrogens is 871 g/mol. The van der Waals surface area contributed by atoms with Crippen LogP contribution in [0.3, 0.4) is 0 Å². The number of allylic oxidation sites excluding steroid dienone is 4. The van der Waals surface area contributed by atoms with Crippen LogP contribution in [-0.4, -0.2) is 3.21 Å². The van der Waals surface area contributed by atoms with Crippen LogP contribution >= 0.6 is 0 Å². The van der Waals surface area contributed by atoms with Gasteiger partial charge in [0, 0.05) is 0 Å². The largest absolute Gasteiger partial charge is 1.00 e. The molecule has 0 unspecified atom stereocenters. The first-order valence-electron chi connectivity index (χ1n) is 22.7. The first-order chi connectivity index (χ1) is 29.0. The van der Waals surface area contributed by atoms with E-state index in [0.29, 0.717) is 3.63 Å². The number of fused-ring (bicyclic) bond motifs is 3. The van der Waals surface area contributed by atoms with Crippen LogP contribution in [-0.2, 0) is 44.9 Å². The zero-order valence-corrected chi connectivity index (χ0v) is 42.2. The van der Waals surface area contributed by atoms with E-state index in [2.05, 4.69) is 207 Å². The predicted molar refractivity (Wildman–Crippen MR) is 257 cm³/mol. The molecule has 6 aromatic carbocycles. The van der Waals surface area contributed by atoms with Gasteiger partial charge in [0.25, 0.3) is 0 Å². The van der Waals surface area contributed by atoms with E-state index in [9.17, 15) is 0 Å². The Kier molecular flexibility index (Phi) is 15.6. The standard InChI is InChI=1S/C33H33.C21H26.C5H5.2ClH.Zr/c1-32(2,3)30-20-26-24(18-28(30)22-13-9-7-10-14-22)17-25-19-29(23-15-11-8-12-16-23)31(21-27(25)26)33(4,5)6;1-3-5-7-18-9-13-20(14-10-18)17-21-15-11-19(12-16-21)8-6-4-2;1-2-4-5-3-1;;;/h7-21H,1-6H3;9-16H,3-8H2,1-2H3;1-3H,4H2;2*1H;/q;;;;;+2/p-2. The number of hydrogen-bond acceptors (Lipinski definition) is 0. The van der Waals surface area contributed by atoms with Gasteiger partial charge in [0.1, 0.15) is 0 Å². The molecule has 0 saturated heterocycles. The van der Waals surface area contributed by atoms with Crippen molar-refractivity contribution in [2.24, 2.45) is 0 Å². The minimum Gasteiger partial charge on any atom is -1.00 e. The van der Waals surface area contributed by atoms with Gasteiger partial charge in [0.15, 0.2) is 0 Å². The summed E-state index contributed by atoms with van der Waals surface area (Å²) in [6.45, 7) is 19.0. The van der Waals surface area contributed by atoms with Crippen LogP contribution in [0.4, 0.5) is 0 Å². The van der Waals surface area contributed by atoms with Crippen LogP contribution < -0.4 is 24.8 Å². The number of halogens is 2. The van der Waals surface area contributed by atoms with Gasteiger partial charge in [-0.05, 0) is 0 Å². The zero-order valence-electron chi connectivity index (χ0n) is 38.2. The molecule has 2 aliphatic carbocycles. The number of hydrogen-bond donors (Lipinski definition) is 0. The first-order valence-corrected chi connectivity index (χ1v) is 26.6. The summed E-state index contributed by atoms with van der Waals surface area (Å²) in [6.07, 6.45) is 15.5. The summed E-state index contributed by atoms with van der Waals surface area (Å²) in [5.41, 5.74) is 19.8. The van der Waals surface area contributed by atoms with Crippen molar-refractivity contribution in [1.29, 1.82) is 0 Å². The zero-order chi connectivity index (χ0) is 42.0. The van der Waals surface area contributed by atoms with E-state index in [1.807, 2.05) is 0 Å². The third-order valence-electron chi connectivity index (χ3n) is 12.9. The van der Waals surface area contributed by atoms with Crippen molar-refractivity contribution in [3.63, 3.8) is 0 Å². The van der Waals surface area contributed by atoms with Gasteiger partial charge >= 0.3 is 372 Å². The summed E-state index contributed by atoms with van der Waals surface area (Å²) in [5, 5.41) is 0. The fraction of sp³-hybridized carbons (Fsp3) is 0.305. The summed E-state index contributed by atoms with van der Waals surface area (Å²) in [7, 11) is 0. The molecule has 3 heteroatoms. The average Bonchev–Trinajstić information content (AvgIpc) is 3.90. The van der Waals surface area contributed by atoms with E-state index in [-0.39, 0.29) is 35.6 Å². The molecule has 0 amide bonds. The van der Waals surface area contributed by atoms with Crippen LogP contribution in [0.15, 0.2) is 155 Å². The molecule has 0 saturated carbocycles. The third kappa shape index (κ3) is 9.92. The van der Waals surface area contributed by atoms with Crippen LogP contribution in [0.1, 0.15) is 136 Å². The van der Waals surface area contributed by atoms with Crippen molar-refractivity contribution in [3.8, 4) is 33.4 Å². The van der Waals surface area contributed by atoms with E-state index in [0.717, 1.165) is 19.3 Å². The molecule has 62 heavy (non-hydrogen) atoms. The predicted octanol–water partition coefficient (Wildman–Crippen LogP) is 10.1. The van der Waals surface area contributed by atoms with Crippen molar-refractivity contribution in [2.45, 2.75) is 115 Å². The van der Waals surface area contributed by atoms with Gasteiger partial charge in [-0.3, -0.25) is 0 Å². The van der Waals surface area contributed by atoms with Crippen LogP contribution in [0.25, 0.3) is 33.4 Å². The SMILES string of the molecule is CCCCc1ccc([C](c2ccc(CCCC)cc2)=[Zr+2]([C]2=CC=CC2)[CH]2c3cc(-c4ccccc4)c(C(C)(C)C)cc3-c3cc(C(C)(C)C)c(-c4ccccc4)cc32)cc1.[Cl-].[Cl-]. The molecule has 0 bridgehead atoms. The molecule has 6 aromatic rings. The average molecular weight is 935 g/mol. The molecule has 2 aliphatic rings. The van der Waals surface area contributed by atoms with Gasteiger partial charge < -0.3 is 24.8 Å². The molecule has 0 nitrogen and oxygen atoms in total. The Bertz CT molecular complexity index is 2400. The normalized spacial score (nSPS) is 13.0. The second-order valence-electron chi connectivity index (χ2n) is 19.3. The number of benzene rings is 6. The number of rotatable bonds is 12. The van der Waals surface area contributed by atoms with Crippen LogP contribution in [0.2, 0.25) is 0 Å². The third-order valence-corrected chi connectivity index (χ3v) is 21.2. The maximum absolute atomic E-state index is 3.00. The van der Waals surface area contributed by atoms with E-state index in [4.69, 9.17) is 0 Å². The molecule has 0 spiro atoms. The molecule has 0 radical (unpaired) electrons. The summed E-state index contributed by atoms with van der Waals surface area (Å²) in [6, 6.07) is 52.7. The Balaban J connectivity index is 0.00000321. The minimum absolute atomic E-state index is 0. The fourth-order valence-corrected chi connectivity index (χ4v) is 18.6. The summed E-state index contributed by atoms with van der Waals surface area (Å²) >= 11 is -3.00. The molecule has 0 aliphatic heterocycles. The van der Waals surface area contributed by atoms with E-state index >= 15 is 0 Å². The molecule has 0 heterocycles. The van der Waals surface area contributed by atoms with Crippen LogP contribution in [0.5, 0.6) is 0 Å². The second-order valence-corrected chi connectivity index (χ2v) is 25.6. The van der Waals surface area contributed by atoms with Gasteiger partial charge in [-0.2, -0.15) is 0 Å². The molecular formula is C59H64Cl2Zr. The molecule has 0 fully saturated rings. The summed E-state index contributed by atoms with van der Waals surface area (Å²) in [5.74, 6) is 0. The topological polar surface area (TPSA) is 0 Å². The van der Waals surface area contributed by atoms with Crippen molar-refractivity contribution in [1.82, 2.24) is 0 Å². The van der Waals surface area contributed by atoms with Gasteiger partial charge in [0.05, 0.1) is 0 Å². The maximum Gasteiger partial charge on any atom is -1.00 e. The second kappa shape index (κ2) is 20.3. The van der Waals surface area contributed by atoms with Crippen molar-refractivity contribution < 1.29 is 46.1 Å². The Morgan fingerprint density at radius 1 is 0.532 bits per heavy atom. The molecule has 0 N–H and O–H groups in total. The smallest absolute Gasteiger partial charge is 1.00 e. The van der Waals surface area contributed by atoms with Gasteiger partial charge in [0.2, 0.25) is 0 Å². The van der Waals surface area contributed by atoms with Crippen molar-refractivity contribution in [3.05, 3.63) is 199 Å². The Morgan fingerprint density at radius 3 is 1.31 bits per heavy atom. The summed E-state index contributed by atoms with van der Waals surface area (Å²) in [4.78, 5) is 0.